The summed E-state index contributed by atoms with van der Waals surface area (Å²) < 4.78 is 85.7. The molecular formula is C30H33F3N6O4S. The average molecular weight is 631 g/mol. The van der Waals surface area contributed by atoms with Crippen molar-refractivity contribution in [2.45, 2.75) is 49.8 Å². The van der Waals surface area contributed by atoms with E-state index in [2.05, 4.69) is 31.7 Å². The summed E-state index contributed by atoms with van der Waals surface area (Å²) in [4.78, 5) is 10.0. The topological polar surface area (TPSA) is 111 Å². The molecule has 1 saturated heterocycles. The van der Waals surface area contributed by atoms with E-state index in [1.807, 2.05) is 12.1 Å². The Kier molecular flexibility index (Phi) is 8.84. The van der Waals surface area contributed by atoms with E-state index in [4.69, 9.17) is 9.47 Å². The molecule has 0 aliphatic carbocycles. The number of rotatable bonds is 9. The summed E-state index contributed by atoms with van der Waals surface area (Å²) in [7, 11) is -0.712. The van der Waals surface area contributed by atoms with Gasteiger partial charge in [-0.15, -0.1) is 0 Å². The minimum atomic E-state index is -4.98. The Morgan fingerprint density at radius 2 is 1.68 bits per heavy atom. The number of nitrogens with one attached hydrogen (secondary N) is 1. The third kappa shape index (κ3) is 7.13. The first-order valence-electron chi connectivity index (χ1n) is 14.0. The zero-order valence-corrected chi connectivity index (χ0v) is 25.5. The maximum Gasteiger partial charge on any atom is 0.423 e. The van der Waals surface area contributed by atoms with E-state index in [1.165, 1.54) is 36.1 Å². The molecular weight excluding hydrogens is 597 g/mol. The molecule has 0 saturated carbocycles. The van der Waals surface area contributed by atoms with E-state index in [0.29, 0.717) is 5.92 Å². The van der Waals surface area contributed by atoms with E-state index in [0.717, 1.165) is 37.7 Å². The number of likely N-dealkylation sites (tertiary alicyclic amines) is 1. The Balaban J connectivity index is 1.61. The van der Waals surface area contributed by atoms with Crippen LogP contribution in [0.2, 0.25) is 0 Å². The number of halogens is 3. The molecule has 44 heavy (non-hydrogen) atoms. The van der Waals surface area contributed by atoms with Crippen LogP contribution in [0.3, 0.4) is 0 Å². The van der Waals surface area contributed by atoms with Gasteiger partial charge in [-0.3, -0.25) is 4.68 Å². The third-order valence-electron chi connectivity index (χ3n) is 7.17. The number of aromatic nitrogens is 4. The van der Waals surface area contributed by atoms with Crippen molar-refractivity contribution >= 4 is 16.0 Å². The van der Waals surface area contributed by atoms with Crippen LogP contribution in [0.4, 0.5) is 19.1 Å². The highest BCUT2D eigenvalue weighted by atomic mass is 32.2. The molecule has 2 aromatic carbocycles. The Labute approximate surface area is 253 Å². The number of anilines is 1. The van der Waals surface area contributed by atoms with Gasteiger partial charge in [0.1, 0.15) is 22.0 Å². The number of para-hydroxylation sites is 1. The van der Waals surface area contributed by atoms with Crippen LogP contribution >= 0.6 is 0 Å². The van der Waals surface area contributed by atoms with Gasteiger partial charge < -0.3 is 14.4 Å². The van der Waals surface area contributed by atoms with Crippen LogP contribution in [-0.4, -0.2) is 59.3 Å². The van der Waals surface area contributed by atoms with Gasteiger partial charge in [0.25, 0.3) is 10.0 Å². The molecule has 0 atom stereocenters. The van der Waals surface area contributed by atoms with Gasteiger partial charge in [0.05, 0.1) is 18.0 Å². The van der Waals surface area contributed by atoms with Gasteiger partial charge in [-0.1, -0.05) is 24.3 Å². The van der Waals surface area contributed by atoms with Gasteiger partial charge in [0, 0.05) is 18.8 Å². The predicted molar refractivity (Wildman–Crippen MR) is 158 cm³/mol. The number of sulfonamides is 1. The monoisotopic (exact) mass is 630 g/mol. The normalized spacial score (nSPS) is 15.0. The lowest BCUT2D eigenvalue weighted by molar-refractivity contribution is -0.138. The number of alkyl halides is 3. The van der Waals surface area contributed by atoms with Crippen LogP contribution < -0.4 is 14.2 Å². The van der Waals surface area contributed by atoms with Crippen LogP contribution in [-0.2, 0) is 23.2 Å². The Morgan fingerprint density at radius 3 is 2.30 bits per heavy atom. The molecule has 0 unspecified atom stereocenters. The number of aryl methyl sites for hydroxylation is 1. The summed E-state index contributed by atoms with van der Waals surface area (Å²) in [6.07, 6.45) is -1.06. The van der Waals surface area contributed by atoms with Crippen molar-refractivity contribution in [3.05, 3.63) is 72.1 Å². The number of hydrogen-bond donors (Lipinski definition) is 1. The molecule has 10 nitrogen and oxygen atoms in total. The first kappa shape index (κ1) is 31.3. The minimum absolute atomic E-state index is 0.0137. The highest BCUT2D eigenvalue weighted by Crippen LogP contribution is 2.45. The second kappa shape index (κ2) is 12.4. The lowest BCUT2D eigenvalue weighted by atomic mass is 9.90. The first-order chi connectivity index (χ1) is 20.8. The van der Waals surface area contributed by atoms with Gasteiger partial charge >= 0.3 is 6.18 Å². The lowest BCUT2D eigenvalue weighted by Gasteiger charge is -2.29. The van der Waals surface area contributed by atoms with Crippen molar-refractivity contribution in [2.24, 2.45) is 7.05 Å². The highest BCUT2D eigenvalue weighted by molar-refractivity contribution is 7.92. The third-order valence-corrected chi connectivity index (χ3v) is 8.45. The molecule has 1 aliphatic rings. The summed E-state index contributed by atoms with van der Waals surface area (Å²) >= 11 is 0. The molecule has 3 heterocycles. The van der Waals surface area contributed by atoms with Crippen molar-refractivity contribution in [2.75, 3.05) is 24.9 Å². The zero-order chi connectivity index (χ0) is 31.6. The number of benzene rings is 2. The molecule has 0 amide bonds. The Bertz CT molecular complexity index is 1720. The molecule has 0 radical (unpaired) electrons. The molecule has 0 bridgehead atoms. The molecule has 2 aromatic heterocycles. The largest absolute Gasteiger partial charge is 0.490 e. The van der Waals surface area contributed by atoms with E-state index < -0.39 is 39.3 Å². The highest BCUT2D eigenvalue weighted by Gasteiger charge is 2.41. The van der Waals surface area contributed by atoms with Gasteiger partial charge in [0.2, 0.25) is 11.8 Å². The van der Waals surface area contributed by atoms with Crippen molar-refractivity contribution in [3.8, 4) is 28.6 Å². The molecule has 5 rings (SSSR count). The summed E-state index contributed by atoms with van der Waals surface area (Å²) in [5, 5.41) is 3.86. The van der Waals surface area contributed by atoms with E-state index in [1.54, 1.807) is 32.0 Å². The first-order valence-corrected chi connectivity index (χ1v) is 15.5. The summed E-state index contributed by atoms with van der Waals surface area (Å²) in [6, 6.07) is 12.9. The number of piperidine rings is 1. The molecule has 1 N–H and O–H groups in total. The number of ether oxygens (including phenoxy) is 2. The van der Waals surface area contributed by atoms with Gasteiger partial charge in [-0.25, -0.2) is 18.1 Å². The van der Waals surface area contributed by atoms with Crippen molar-refractivity contribution in [1.82, 2.24) is 24.6 Å². The van der Waals surface area contributed by atoms with Crippen molar-refractivity contribution < 1.29 is 31.1 Å². The van der Waals surface area contributed by atoms with E-state index in [-0.39, 0.29) is 28.1 Å². The van der Waals surface area contributed by atoms with Crippen molar-refractivity contribution in [3.63, 3.8) is 0 Å². The van der Waals surface area contributed by atoms with Gasteiger partial charge in [-0.2, -0.15) is 23.3 Å². The Hall–Kier alpha value is -4.17. The molecule has 0 spiro atoms. The van der Waals surface area contributed by atoms with Crippen LogP contribution in [0.5, 0.6) is 17.4 Å². The maximum absolute atomic E-state index is 14.8. The second-order valence-corrected chi connectivity index (χ2v) is 12.6. The molecule has 1 aliphatic heterocycles. The smallest absolute Gasteiger partial charge is 0.423 e. The summed E-state index contributed by atoms with van der Waals surface area (Å²) in [6.45, 7) is 5.39. The fourth-order valence-electron chi connectivity index (χ4n) is 5.01. The summed E-state index contributed by atoms with van der Waals surface area (Å²) in [5.41, 5.74) is -0.832. The van der Waals surface area contributed by atoms with Crippen LogP contribution in [0.15, 0.2) is 65.8 Å². The molecule has 4 aromatic rings. The van der Waals surface area contributed by atoms with Crippen LogP contribution in [0, 0.1) is 0 Å². The van der Waals surface area contributed by atoms with Gasteiger partial charge in [0.15, 0.2) is 0 Å². The second-order valence-electron chi connectivity index (χ2n) is 10.9. The fraction of sp³-hybridized carbons (Fsp3) is 0.367. The fourth-order valence-corrected chi connectivity index (χ4v) is 5.93. The SMILES string of the molecule is CC(C)Oc1ccccc1-c1nc(NS(=O)(=O)c2cnn(C)c2)nc(Oc2ccc(C3CCN(C)CC3)cc2)c1C(F)(F)F. The van der Waals surface area contributed by atoms with E-state index >= 15 is 0 Å². The lowest BCUT2D eigenvalue weighted by Crippen LogP contribution is -2.29. The quantitative estimate of drug-likeness (QED) is 0.237. The summed E-state index contributed by atoms with van der Waals surface area (Å²) in [5.74, 6) is -0.916. The van der Waals surface area contributed by atoms with Crippen LogP contribution in [0.1, 0.15) is 43.7 Å². The minimum Gasteiger partial charge on any atom is -0.490 e. The van der Waals surface area contributed by atoms with E-state index in [9.17, 15) is 21.6 Å². The predicted octanol–water partition coefficient (Wildman–Crippen LogP) is 6.09. The zero-order valence-electron chi connectivity index (χ0n) is 24.7. The maximum atomic E-state index is 14.8. The van der Waals surface area contributed by atoms with Crippen molar-refractivity contribution in [1.29, 1.82) is 0 Å². The number of nitrogens with zero attached hydrogens (tertiary/aromatic N) is 5. The Morgan fingerprint density at radius 1 is 1.00 bits per heavy atom. The van der Waals surface area contributed by atoms with Gasteiger partial charge in [-0.05, 0) is 82.6 Å². The molecule has 234 valence electrons. The molecule has 14 heteroatoms. The average Bonchev–Trinajstić information content (AvgIpc) is 3.40. The molecule has 1 fully saturated rings. The standard InChI is InChI=1S/C30H33F3N6O4S/c1-19(2)42-25-8-6-5-7-24(25)27-26(30(31,32)33)28(36-29(35-27)37-44(40,41)23-17-34-39(4)18-23)43-22-11-9-20(10-12-22)21-13-15-38(3)16-14-21/h5-12,17-19,21H,13-16H2,1-4H3,(H,35,36,37). The number of hydrogen-bond acceptors (Lipinski definition) is 8. The van der Waals surface area contributed by atoms with Crippen LogP contribution in [0.25, 0.3) is 11.3 Å².